The molecule has 1 aromatic carbocycles. The highest BCUT2D eigenvalue weighted by Gasteiger charge is 2.32. The van der Waals surface area contributed by atoms with Crippen molar-refractivity contribution in [3.05, 3.63) is 63.7 Å². The molecule has 8 nitrogen and oxygen atoms in total. The van der Waals surface area contributed by atoms with Gasteiger partial charge in [0, 0.05) is 29.1 Å². The van der Waals surface area contributed by atoms with E-state index in [1.807, 2.05) is 43.5 Å². The molecule has 3 aromatic rings. The number of carbonyl (C=O) groups excluding carboxylic acids is 2. The van der Waals surface area contributed by atoms with E-state index in [0.29, 0.717) is 41.5 Å². The predicted molar refractivity (Wildman–Crippen MR) is 134 cm³/mol. The average molecular weight is 494 g/mol. The van der Waals surface area contributed by atoms with Gasteiger partial charge in [0.15, 0.2) is 5.13 Å². The fourth-order valence-corrected chi connectivity index (χ4v) is 4.79. The van der Waals surface area contributed by atoms with Gasteiger partial charge in [-0.1, -0.05) is 17.7 Å². The first kappa shape index (κ1) is 24.4. The van der Waals surface area contributed by atoms with Gasteiger partial charge in [-0.05, 0) is 44.4 Å². The van der Waals surface area contributed by atoms with Crippen LogP contribution in [0.3, 0.4) is 0 Å². The maximum absolute atomic E-state index is 12.5. The number of aromatic nitrogens is 2. The van der Waals surface area contributed by atoms with E-state index in [9.17, 15) is 9.59 Å². The Balaban J connectivity index is 1.40. The molecule has 3 heterocycles. The van der Waals surface area contributed by atoms with Gasteiger partial charge in [0.1, 0.15) is 29.4 Å². The van der Waals surface area contributed by atoms with Crippen molar-refractivity contribution < 1.29 is 23.8 Å². The number of hydrogen-bond acceptors (Lipinski definition) is 8. The first-order valence-electron chi connectivity index (χ1n) is 11.2. The second-order valence-corrected chi connectivity index (χ2v) is 9.01. The Hall–Kier alpha value is -3.72. The van der Waals surface area contributed by atoms with Crippen LogP contribution in [0.2, 0.25) is 0 Å². The molecule has 0 spiro atoms. The number of cyclic esters (lactones) is 1. The number of methoxy groups -OCH3 is 2. The van der Waals surface area contributed by atoms with E-state index in [1.54, 1.807) is 13.3 Å². The van der Waals surface area contributed by atoms with Crippen molar-refractivity contribution in [1.29, 1.82) is 0 Å². The van der Waals surface area contributed by atoms with Crippen molar-refractivity contribution >= 4 is 28.3 Å². The topological polar surface area (TPSA) is 99.6 Å². The van der Waals surface area contributed by atoms with Gasteiger partial charge in [0.25, 0.3) is 0 Å². The van der Waals surface area contributed by atoms with Gasteiger partial charge in [-0.2, -0.15) is 0 Å². The smallest absolute Gasteiger partial charge is 0.342 e. The molecule has 4 rings (SSSR count). The average Bonchev–Trinajstić information content (AvgIpc) is 3.49. The summed E-state index contributed by atoms with van der Waals surface area (Å²) in [6.07, 6.45) is 5.15. The number of benzene rings is 1. The number of amides is 1. The summed E-state index contributed by atoms with van der Waals surface area (Å²) >= 11 is 1.37. The molecule has 35 heavy (non-hydrogen) atoms. The lowest BCUT2D eigenvalue weighted by Crippen LogP contribution is -2.11. The molecule has 1 amide bonds. The summed E-state index contributed by atoms with van der Waals surface area (Å²) in [6.45, 7) is 4.12. The number of fused-ring (bicyclic) bond motifs is 1. The van der Waals surface area contributed by atoms with E-state index in [4.69, 9.17) is 14.2 Å². The van der Waals surface area contributed by atoms with Crippen molar-refractivity contribution in [3.8, 4) is 22.9 Å². The zero-order valence-electron chi connectivity index (χ0n) is 20.1. The molecule has 1 aliphatic heterocycles. The number of carbonyl (C=O) groups is 2. The van der Waals surface area contributed by atoms with Gasteiger partial charge >= 0.3 is 5.97 Å². The summed E-state index contributed by atoms with van der Waals surface area (Å²) in [6, 6.07) is 5.63. The van der Waals surface area contributed by atoms with Crippen molar-refractivity contribution in [3.63, 3.8) is 0 Å². The highest BCUT2D eigenvalue weighted by atomic mass is 32.1. The molecule has 0 atom stereocenters. The van der Waals surface area contributed by atoms with Crippen LogP contribution in [-0.4, -0.2) is 36.1 Å². The summed E-state index contributed by atoms with van der Waals surface area (Å²) in [5, 5.41) is 5.28. The van der Waals surface area contributed by atoms with E-state index < -0.39 is 0 Å². The van der Waals surface area contributed by atoms with Crippen LogP contribution in [0.5, 0.6) is 11.5 Å². The lowest BCUT2D eigenvalue weighted by Gasteiger charge is -2.18. The van der Waals surface area contributed by atoms with Crippen LogP contribution < -0.4 is 14.8 Å². The van der Waals surface area contributed by atoms with Crippen LogP contribution in [0.4, 0.5) is 5.13 Å². The van der Waals surface area contributed by atoms with Crippen LogP contribution in [0.25, 0.3) is 11.4 Å². The minimum absolute atomic E-state index is 0.106. The molecule has 0 saturated carbocycles. The van der Waals surface area contributed by atoms with E-state index >= 15 is 0 Å². The number of esters is 1. The maximum Gasteiger partial charge on any atom is 0.342 e. The lowest BCUT2D eigenvalue weighted by molar-refractivity contribution is -0.116. The minimum Gasteiger partial charge on any atom is -0.496 e. The summed E-state index contributed by atoms with van der Waals surface area (Å²) < 4.78 is 16.5. The first-order valence-corrected chi connectivity index (χ1v) is 12.1. The maximum atomic E-state index is 12.5. The summed E-state index contributed by atoms with van der Waals surface area (Å²) in [7, 11) is 3.15. The van der Waals surface area contributed by atoms with Gasteiger partial charge < -0.3 is 19.5 Å². The third-order valence-corrected chi connectivity index (χ3v) is 6.67. The Labute approximate surface area is 208 Å². The lowest BCUT2D eigenvalue weighted by atomic mass is 9.94. The number of ether oxygens (including phenoxy) is 3. The van der Waals surface area contributed by atoms with Crippen LogP contribution >= 0.6 is 11.3 Å². The quantitative estimate of drug-likeness (QED) is 0.327. The number of nitrogens with one attached hydrogen (secondary N) is 1. The minimum atomic E-state index is -0.380. The van der Waals surface area contributed by atoms with Gasteiger partial charge in [-0.25, -0.2) is 9.78 Å². The van der Waals surface area contributed by atoms with Crippen molar-refractivity contribution in [2.24, 2.45) is 0 Å². The Morgan fingerprint density at radius 1 is 1.20 bits per heavy atom. The molecule has 0 radical (unpaired) electrons. The SMILES string of the molecule is COc1c(C)c2c(c(OC)c1C/C=C(\C)CCC(=O)Nc1nc(-c3ccccn3)cs1)C(=O)OC2. The fourth-order valence-electron chi connectivity index (χ4n) is 4.07. The Morgan fingerprint density at radius 3 is 2.71 bits per heavy atom. The molecule has 2 aromatic heterocycles. The van der Waals surface area contributed by atoms with Crippen molar-refractivity contribution in [2.45, 2.75) is 39.7 Å². The number of nitrogens with zero attached hydrogens (tertiary/aromatic N) is 2. The summed E-state index contributed by atoms with van der Waals surface area (Å²) in [4.78, 5) is 33.5. The molecule has 1 N–H and O–H groups in total. The van der Waals surface area contributed by atoms with Crippen LogP contribution in [0.15, 0.2) is 41.4 Å². The molecular weight excluding hydrogens is 466 g/mol. The normalized spacial score (nSPS) is 12.8. The highest BCUT2D eigenvalue weighted by molar-refractivity contribution is 7.14. The number of anilines is 1. The van der Waals surface area contributed by atoms with E-state index in [0.717, 1.165) is 33.7 Å². The van der Waals surface area contributed by atoms with Gasteiger partial charge in [-0.3, -0.25) is 9.78 Å². The monoisotopic (exact) mass is 493 g/mol. The molecule has 0 saturated heterocycles. The second-order valence-electron chi connectivity index (χ2n) is 8.16. The largest absolute Gasteiger partial charge is 0.496 e. The van der Waals surface area contributed by atoms with Crippen LogP contribution in [0.1, 0.15) is 46.8 Å². The molecule has 0 bridgehead atoms. The Kier molecular flexibility index (Phi) is 7.45. The molecule has 0 fully saturated rings. The number of thiazole rings is 1. The van der Waals surface area contributed by atoms with Gasteiger partial charge in [0.05, 0.1) is 19.9 Å². The number of rotatable bonds is 9. The number of hydrogen-bond donors (Lipinski definition) is 1. The molecule has 0 unspecified atom stereocenters. The van der Waals surface area contributed by atoms with E-state index in [-0.39, 0.29) is 18.5 Å². The van der Waals surface area contributed by atoms with Gasteiger partial charge in [-0.15, -0.1) is 11.3 Å². The zero-order chi connectivity index (χ0) is 24.9. The van der Waals surface area contributed by atoms with Crippen LogP contribution in [-0.2, 0) is 22.6 Å². The van der Waals surface area contributed by atoms with E-state index in [2.05, 4.69) is 15.3 Å². The Bertz CT molecular complexity index is 1280. The number of allylic oxidation sites excluding steroid dienone is 2. The first-order chi connectivity index (χ1) is 16.9. The Morgan fingerprint density at radius 2 is 2.00 bits per heavy atom. The molecule has 9 heteroatoms. The third-order valence-electron chi connectivity index (χ3n) is 5.91. The molecule has 182 valence electrons. The molecular formula is C26H27N3O5S. The fraction of sp³-hybridized carbons (Fsp3) is 0.308. The number of pyridine rings is 1. The van der Waals surface area contributed by atoms with Crippen LogP contribution in [0, 0.1) is 6.92 Å². The highest BCUT2D eigenvalue weighted by Crippen LogP contribution is 2.42. The molecule has 0 aliphatic carbocycles. The standard InChI is InChI=1S/C26H27N3O5S/c1-15(9-11-21(30)29-26-28-20(14-35-26)19-7-5-6-12-27-19)8-10-17-23(32-3)16(2)18-13-34-25(31)22(18)24(17)33-4/h5-8,12,14H,9-11,13H2,1-4H3,(H,28,29,30)/b15-8+. The second kappa shape index (κ2) is 10.7. The van der Waals surface area contributed by atoms with Crippen molar-refractivity contribution in [2.75, 3.05) is 19.5 Å². The zero-order valence-corrected chi connectivity index (χ0v) is 21.0. The predicted octanol–water partition coefficient (Wildman–Crippen LogP) is 5.11. The van der Waals surface area contributed by atoms with Gasteiger partial charge in [0.2, 0.25) is 5.91 Å². The van der Waals surface area contributed by atoms with E-state index in [1.165, 1.54) is 18.4 Å². The summed E-state index contributed by atoms with van der Waals surface area (Å²) in [5.74, 6) is 0.688. The molecule has 1 aliphatic rings. The van der Waals surface area contributed by atoms with Crippen molar-refractivity contribution in [1.82, 2.24) is 9.97 Å². The third kappa shape index (κ3) is 5.19. The summed E-state index contributed by atoms with van der Waals surface area (Å²) in [5.41, 5.74) is 5.49.